The van der Waals surface area contributed by atoms with Crippen molar-refractivity contribution in [2.45, 2.75) is 13.0 Å². The summed E-state index contributed by atoms with van der Waals surface area (Å²) >= 11 is 3.29. The Morgan fingerprint density at radius 1 is 1.29 bits per heavy atom. The van der Waals surface area contributed by atoms with Crippen molar-refractivity contribution < 1.29 is 14.3 Å². The molecule has 0 spiro atoms. The van der Waals surface area contributed by atoms with Crippen molar-refractivity contribution in [2.75, 3.05) is 6.79 Å². The van der Waals surface area contributed by atoms with Gasteiger partial charge in [-0.1, -0.05) is 6.07 Å². The molecule has 0 aliphatic carbocycles. The number of carbonyl (C=O) groups is 1. The first kappa shape index (κ1) is 13.9. The molecule has 5 nitrogen and oxygen atoms in total. The molecule has 1 aromatic carbocycles. The van der Waals surface area contributed by atoms with Crippen molar-refractivity contribution in [1.82, 2.24) is 10.3 Å². The molecule has 1 N–H and O–H groups in total. The van der Waals surface area contributed by atoms with Gasteiger partial charge in [-0.3, -0.25) is 4.79 Å². The van der Waals surface area contributed by atoms with Crippen LogP contribution in [-0.2, 0) is 0 Å². The molecule has 1 aliphatic rings. The lowest BCUT2D eigenvalue weighted by atomic mass is 10.1. The van der Waals surface area contributed by atoms with Gasteiger partial charge in [-0.25, -0.2) is 4.98 Å². The van der Waals surface area contributed by atoms with E-state index in [1.165, 1.54) is 0 Å². The third-order valence-electron chi connectivity index (χ3n) is 3.20. The molecule has 2 heterocycles. The van der Waals surface area contributed by atoms with Crippen molar-refractivity contribution in [2.24, 2.45) is 0 Å². The molecule has 3 rings (SSSR count). The minimum Gasteiger partial charge on any atom is -0.454 e. The Hall–Kier alpha value is -2.08. The topological polar surface area (TPSA) is 60.5 Å². The maximum Gasteiger partial charge on any atom is 0.270 e. The predicted octanol–water partition coefficient (Wildman–Crippen LogP) is 3.06. The number of ether oxygens (including phenoxy) is 2. The molecule has 1 atom stereocenters. The molecule has 0 radical (unpaired) electrons. The molecule has 0 bridgehead atoms. The molecule has 0 saturated heterocycles. The Kier molecular flexibility index (Phi) is 3.79. The van der Waals surface area contributed by atoms with Crippen molar-refractivity contribution in [3.8, 4) is 11.5 Å². The van der Waals surface area contributed by atoms with Gasteiger partial charge in [0.05, 0.1) is 6.04 Å². The van der Waals surface area contributed by atoms with Crippen LogP contribution in [-0.4, -0.2) is 17.7 Å². The highest BCUT2D eigenvalue weighted by atomic mass is 79.9. The van der Waals surface area contributed by atoms with Gasteiger partial charge in [0.25, 0.3) is 5.91 Å². The van der Waals surface area contributed by atoms with Gasteiger partial charge in [0, 0.05) is 10.7 Å². The minimum absolute atomic E-state index is 0.155. The monoisotopic (exact) mass is 348 g/mol. The van der Waals surface area contributed by atoms with E-state index in [-0.39, 0.29) is 18.7 Å². The van der Waals surface area contributed by atoms with Crippen molar-refractivity contribution in [3.05, 3.63) is 52.3 Å². The summed E-state index contributed by atoms with van der Waals surface area (Å²) in [5.41, 5.74) is 1.33. The summed E-state index contributed by atoms with van der Waals surface area (Å²) < 4.78 is 11.4. The van der Waals surface area contributed by atoms with E-state index < -0.39 is 0 Å². The number of aromatic nitrogens is 1. The van der Waals surface area contributed by atoms with E-state index in [1.807, 2.05) is 25.1 Å². The highest BCUT2D eigenvalue weighted by Crippen LogP contribution is 2.34. The fourth-order valence-corrected chi connectivity index (χ4v) is 2.28. The molecule has 1 amide bonds. The van der Waals surface area contributed by atoms with E-state index in [9.17, 15) is 4.79 Å². The van der Waals surface area contributed by atoms with Gasteiger partial charge in [-0.05, 0) is 52.7 Å². The minimum atomic E-state index is -0.215. The second-order valence-corrected chi connectivity index (χ2v) is 5.59. The SMILES string of the molecule is CC(NC(=O)c1ccc(Br)cn1)c1ccc2c(c1)OCO2. The fraction of sp³-hybridized carbons (Fsp3) is 0.200. The van der Waals surface area contributed by atoms with E-state index in [1.54, 1.807) is 18.3 Å². The molecule has 2 aromatic rings. The van der Waals surface area contributed by atoms with Gasteiger partial charge in [0.1, 0.15) is 5.69 Å². The Labute approximate surface area is 130 Å². The van der Waals surface area contributed by atoms with Crippen LogP contribution in [0.3, 0.4) is 0 Å². The maximum atomic E-state index is 12.1. The van der Waals surface area contributed by atoms with E-state index in [0.29, 0.717) is 11.4 Å². The van der Waals surface area contributed by atoms with Gasteiger partial charge < -0.3 is 14.8 Å². The lowest BCUT2D eigenvalue weighted by Crippen LogP contribution is -2.27. The molecular formula is C15H13BrN2O3. The summed E-state index contributed by atoms with van der Waals surface area (Å²) in [7, 11) is 0. The Balaban J connectivity index is 1.72. The number of carbonyl (C=O) groups excluding carboxylic acids is 1. The van der Waals surface area contributed by atoms with Gasteiger partial charge in [-0.2, -0.15) is 0 Å². The molecule has 0 fully saturated rings. The quantitative estimate of drug-likeness (QED) is 0.925. The van der Waals surface area contributed by atoms with Crippen LogP contribution in [0.4, 0.5) is 0 Å². The fourth-order valence-electron chi connectivity index (χ4n) is 2.05. The predicted molar refractivity (Wildman–Crippen MR) is 80.4 cm³/mol. The highest BCUT2D eigenvalue weighted by molar-refractivity contribution is 9.10. The third-order valence-corrected chi connectivity index (χ3v) is 3.67. The second kappa shape index (κ2) is 5.73. The summed E-state index contributed by atoms with van der Waals surface area (Å²) in [5, 5.41) is 2.91. The summed E-state index contributed by atoms with van der Waals surface area (Å²) in [6.07, 6.45) is 1.60. The number of fused-ring (bicyclic) bond motifs is 1. The van der Waals surface area contributed by atoms with Crippen molar-refractivity contribution >= 4 is 21.8 Å². The number of benzene rings is 1. The summed E-state index contributed by atoms with van der Waals surface area (Å²) in [6.45, 7) is 2.15. The molecule has 1 aromatic heterocycles. The number of pyridine rings is 1. The maximum absolute atomic E-state index is 12.1. The lowest BCUT2D eigenvalue weighted by Gasteiger charge is -2.14. The average Bonchev–Trinajstić information content (AvgIpc) is 2.95. The van der Waals surface area contributed by atoms with Crippen LogP contribution in [0, 0.1) is 0 Å². The van der Waals surface area contributed by atoms with Crippen LogP contribution < -0.4 is 14.8 Å². The van der Waals surface area contributed by atoms with Crippen LogP contribution in [0.25, 0.3) is 0 Å². The number of halogens is 1. The third kappa shape index (κ3) is 3.00. The Morgan fingerprint density at radius 2 is 2.10 bits per heavy atom. The number of nitrogens with zero attached hydrogens (tertiary/aromatic N) is 1. The van der Waals surface area contributed by atoms with E-state index >= 15 is 0 Å². The smallest absolute Gasteiger partial charge is 0.270 e. The first-order chi connectivity index (χ1) is 10.1. The summed E-state index contributed by atoms with van der Waals surface area (Å²) in [6, 6.07) is 8.94. The Morgan fingerprint density at radius 3 is 2.86 bits per heavy atom. The van der Waals surface area contributed by atoms with E-state index in [4.69, 9.17) is 9.47 Å². The molecule has 1 aliphatic heterocycles. The first-order valence-corrected chi connectivity index (χ1v) is 7.25. The zero-order valence-electron chi connectivity index (χ0n) is 11.3. The van der Waals surface area contributed by atoms with Crippen molar-refractivity contribution in [1.29, 1.82) is 0 Å². The molecule has 21 heavy (non-hydrogen) atoms. The van der Waals surface area contributed by atoms with Gasteiger partial charge in [0.15, 0.2) is 11.5 Å². The molecule has 1 unspecified atom stereocenters. The number of amides is 1. The largest absolute Gasteiger partial charge is 0.454 e. The second-order valence-electron chi connectivity index (χ2n) is 4.67. The molecular weight excluding hydrogens is 336 g/mol. The highest BCUT2D eigenvalue weighted by Gasteiger charge is 2.17. The number of rotatable bonds is 3. The normalized spacial score (nSPS) is 13.8. The first-order valence-electron chi connectivity index (χ1n) is 6.45. The number of hydrogen-bond acceptors (Lipinski definition) is 4. The summed E-state index contributed by atoms with van der Waals surface area (Å²) in [5.74, 6) is 1.22. The molecule has 0 saturated carbocycles. The van der Waals surface area contributed by atoms with E-state index in [0.717, 1.165) is 15.8 Å². The standard InChI is InChI=1S/C15H13BrN2O3/c1-9(10-2-5-13-14(6-10)21-8-20-13)18-15(19)12-4-3-11(16)7-17-12/h2-7,9H,8H2,1H3,(H,18,19). The number of nitrogens with one attached hydrogen (secondary N) is 1. The number of hydrogen-bond donors (Lipinski definition) is 1. The van der Waals surface area contributed by atoms with Crippen LogP contribution in [0.5, 0.6) is 11.5 Å². The van der Waals surface area contributed by atoms with Crippen LogP contribution in [0.2, 0.25) is 0 Å². The summed E-state index contributed by atoms with van der Waals surface area (Å²) in [4.78, 5) is 16.2. The Bertz CT molecular complexity index is 673. The van der Waals surface area contributed by atoms with E-state index in [2.05, 4.69) is 26.2 Å². The molecule has 6 heteroatoms. The zero-order chi connectivity index (χ0) is 14.8. The molecule has 108 valence electrons. The van der Waals surface area contributed by atoms with Gasteiger partial charge in [-0.15, -0.1) is 0 Å². The van der Waals surface area contributed by atoms with Crippen LogP contribution >= 0.6 is 15.9 Å². The lowest BCUT2D eigenvalue weighted by molar-refractivity contribution is 0.0934. The van der Waals surface area contributed by atoms with Crippen LogP contribution in [0.1, 0.15) is 29.0 Å². The zero-order valence-corrected chi connectivity index (χ0v) is 12.9. The van der Waals surface area contributed by atoms with Gasteiger partial charge >= 0.3 is 0 Å². The van der Waals surface area contributed by atoms with Crippen LogP contribution in [0.15, 0.2) is 41.0 Å². The van der Waals surface area contributed by atoms with Gasteiger partial charge in [0.2, 0.25) is 6.79 Å². The van der Waals surface area contributed by atoms with Crippen molar-refractivity contribution in [3.63, 3.8) is 0 Å². The average molecular weight is 349 g/mol.